The lowest BCUT2D eigenvalue weighted by Gasteiger charge is -2.13. The van der Waals surface area contributed by atoms with Gasteiger partial charge in [0.1, 0.15) is 18.9 Å². The maximum atomic E-state index is 11.2. The summed E-state index contributed by atoms with van der Waals surface area (Å²) < 4.78 is 1.68. The van der Waals surface area contributed by atoms with Gasteiger partial charge in [0, 0.05) is 0 Å². The summed E-state index contributed by atoms with van der Waals surface area (Å²) in [6, 6.07) is 0. The second-order valence-electron chi connectivity index (χ2n) is 4.23. The number of unbranched alkanes of at least 4 members (excludes halogenated alkanes) is 3. The molecule has 0 aliphatic carbocycles. The number of hydrogen-bond donors (Lipinski definition) is 0. The predicted octanol–water partition coefficient (Wildman–Crippen LogP) is 3.09. The molecule has 0 saturated heterocycles. The standard InChI is InChI=1S/C14H21N3O/c1-3-5-6-7-9-14(13(10-18)8-4-2)17-12-15-11-16-17/h4,9-13H,2-3,5-8H2,1H3. The molecule has 0 aliphatic rings. The van der Waals surface area contributed by atoms with E-state index in [4.69, 9.17) is 0 Å². The Morgan fingerprint density at radius 2 is 2.33 bits per heavy atom. The third kappa shape index (κ3) is 4.28. The molecule has 0 aliphatic heterocycles. The topological polar surface area (TPSA) is 47.8 Å². The minimum Gasteiger partial charge on any atom is -0.303 e. The Labute approximate surface area is 108 Å². The Morgan fingerprint density at radius 3 is 2.89 bits per heavy atom. The number of aromatic nitrogens is 3. The molecule has 1 aromatic rings. The summed E-state index contributed by atoms with van der Waals surface area (Å²) in [5.41, 5.74) is 0.901. The zero-order chi connectivity index (χ0) is 13.2. The van der Waals surface area contributed by atoms with Crippen molar-refractivity contribution in [2.75, 3.05) is 0 Å². The molecule has 0 spiro atoms. The zero-order valence-electron chi connectivity index (χ0n) is 11.0. The van der Waals surface area contributed by atoms with E-state index in [1.165, 1.54) is 19.2 Å². The average Bonchev–Trinajstić information content (AvgIpc) is 2.90. The second kappa shape index (κ2) is 8.39. The highest BCUT2D eigenvalue weighted by molar-refractivity contribution is 5.71. The van der Waals surface area contributed by atoms with Gasteiger partial charge in [0.2, 0.25) is 0 Å². The van der Waals surface area contributed by atoms with Gasteiger partial charge in [-0.15, -0.1) is 6.58 Å². The first-order chi connectivity index (χ1) is 8.83. The van der Waals surface area contributed by atoms with Crippen LogP contribution in [0.2, 0.25) is 0 Å². The third-order valence-corrected chi connectivity index (χ3v) is 2.81. The molecule has 0 radical (unpaired) electrons. The molecule has 1 atom stereocenters. The van der Waals surface area contributed by atoms with Crippen molar-refractivity contribution < 1.29 is 4.79 Å². The lowest BCUT2D eigenvalue weighted by Crippen LogP contribution is -2.11. The van der Waals surface area contributed by atoms with E-state index in [0.29, 0.717) is 6.42 Å². The van der Waals surface area contributed by atoms with Gasteiger partial charge in [0.15, 0.2) is 0 Å². The van der Waals surface area contributed by atoms with Crippen LogP contribution in [-0.2, 0) is 4.79 Å². The molecule has 0 fully saturated rings. The van der Waals surface area contributed by atoms with Crippen LogP contribution >= 0.6 is 0 Å². The third-order valence-electron chi connectivity index (χ3n) is 2.81. The van der Waals surface area contributed by atoms with Gasteiger partial charge in [-0.2, -0.15) is 5.10 Å². The molecule has 1 heterocycles. The van der Waals surface area contributed by atoms with Crippen molar-refractivity contribution in [3.8, 4) is 0 Å². The summed E-state index contributed by atoms with van der Waals surface area (Å²) >= 11 is 0. The van der Waals surface area contributed by atoms with E-state index in [-0.39, 0.29) is 5.92 Å². The SMILES string of the molecule is C=CCC(C=O)C(=CCCCCC)n1cncn1. The molecular weight excluding hydrogens is 226 g/mol. The summed E-state index contributed by atoms with van der Waals surface area (Å²) in [6.45, 7) is 5.87. The second-order valence-corrected chi connectivity index (χ2v) is 4.23. The Morgan fingerprint density at radius 1 is 1.50 bits per heavy atom. The average molecular weight is 247 g/mol. The lowest BCUT2D eigenvalue weighted by molar-refractivity contribution is -0.109. The predicted molar refractivity (Wildman–Crippen MR) is 72.8 cm³/mol. The molecule has 4 nitrogen and oxygen atoms in total. The molecule has 4 heteroatoms. The van der Waals surface area contributed by atoms with E-state index in [1.807, 2.05) is 0 Å². The van der Waals surface area contributed by atoms with E-state index < -0.39 is 0 Å². The maximum absolute atomic E-state index is 11.2. The van der Waals surface area contributed by atoms with Gasteiger partial charge in [-0.05, 0) is 19.3 Å². The highest BCUT2D eigenvalue weighted by Crippen LogP contribution is 2.19. The van der Waals surface area contributed by atoms with Gasteiger partial charge in [-0.3, -0.25) is 0 Å². The number of carbonyl (C=O) groups is 1. The molecule has 0 aromatic carbocycles. The Bertz CT molecular complexity index is 382. The highest BCUT2D eigenvalue weighted by atomic mass is 16.1. The van der Waals surface area contributed by atoms with Crippen molar-refractivity contribution in [2.24, 2.45) is 5.92 Å². The van der Waals surface area contributed by atoms with Crippen molar-refractivity contribution in [3.05, 3.63) is 31.4 Å². The van der Waals surface area contributed by atoms with Crippen LogP contribution in [0.4, 0.5) is 0 Å². The van der Waals surface area contributed by atoms with E-state index in [1.54, 1.807) is 17.1 Å². The monoisotopic (exact) mass is 247 g/mol. The molecule has 0 amide bonds. The van der Waals surface area contributed by atoms with E-state index in [9.17, 15) is 4.79 Å². The van der Waals surface area contributed by atoms with Gasteiger partial charge in [0.25, 0.3) is 0 Å². The van der Waals surface area contributed by atoms with Crippen LogP contribution in [0.15, 0.2) is 31.4 Å². The van der Waals surface area contributed by atoms with Crippen molar-refractivity contribution in [1.82, 2.24) is 14.8 Å². The molecule has 1 aromatic heterocycles. The van der Waals surface area contributed by atoms with Crippen LogP contribution in [0.5, 0.6) is 0 Å². The fraction of sp³-hybridized carbons (Fsp3) is 0.500. The van der Waals surface area contributed by atoms with Gasteiger partial charge < -0.3 is 4.79 Å². The minimum atomic E-state index is -0.189. The van der Waals surface area contributed by atoms with Gasteiger partial charge in [-0.1, -0.05) is 31.9 Å². The van der Waals surface area contributed by atoms with Crippen molar-refractivity contribution in [1.29, 1.82) is 0 Å². The fourth-order valence-electron chi connectivity index (χ4n) is 1.83. The van der Waals surface area contributed by atoms with Crippen LogP contribution in [0.3, 0.4) is 0 Å². The number of allylic oxidation sites excluding steroid dienone is 3. The minimum absolute atomic E-state index is 0.189. The number of rotatable bonds is 9. The molecular formula is C14H21N3O. The largest absolute Gasteiger partial charge is 0.303 e. The van der Waals surface area contributed by atoms with Gasteiger partial charge in [-0.25, -0.2) is 9.67 Å². The fourth-order valence-corrected chi connectivity index (χ4v) is 1.83. The van der Waals surface area contributed by atoms with E-state index in [0.717, 1.165) is 24.8 Å². The first-order valence-corrected chi connectivity index (χ1v) is 6.44. The van der Waals surface area contributed by atoms with Gasteiger partial charge in [0.05, 0.1) is 11.6 Å². The summed E-state index contributed by atoms with van der Waals surface area (Å²) in [6.07, 6.45) is 13.0. The number of carbonyl (C=O) groups excluding carboxylic acids is 1. The first kappa shape index (κ1) is 14.4. The van der Waals surface area contributed by atoms with E-state index >= 15 is 0 Å². The van der Waals surface area contributed by atoms with Gasteiger partial charge >= 0.3 is 0 Å². The molecule has 18 heavy (non-hydrogen) atoms. The maximum Gasteiger partial charge on any atom is 0.138 e. The molecule has 1 unspecified atom stereocenters. The molecule has 98 valence electrons. The summed E-state index contributed by atoms with van der Waals surface area (Å²) in [5, 5.41) is 4.11. The van der Waals surface area contributed by atoms with Crippen LogP contribution in [0.1, 0.15) is 39.0 Å². The number of nitrogens with zero attached hydrogens (tertiary/aromatic N) is 3. The Hall–Kier alpha value is -1.71. The molecule has 0 bridgehead atoms. The van der Waals surface area contributed by atoms with E-state index in [2.05, 4.69) is 29.7 Å². The number of aldehydes is 1. The number of hydrogen-bond acceptors (Lipinski definition) is 3. The van der Waals surface area contributed by atoms with Crippen molar-refractivity contribution in [3.63, 3.8) is 0 Å². The molecule has 1 rings (SSSR count). The normalized spacial score (nSPS) is 13.3. The first-order valence-electron chi connectivity index (χ1n) is 6.44. The van der Waals surface area contributed by atoms with Crippen LogP contribution < -0.4 is 0 Å². The van der Waals surface area contributed by atoms with Crippen molar-refractivity contribution >= 4 is 12.0 Å². The smallest absolute Gasteiger partial charge is 0.138 e. The molecule has 0 N–H and O–H groups in total. The van der Waals surface area contributed by atoms with Crippen molar-refractivity contribution in [2.45, 2.75) is 39.0 Å². The quantitative estimate of drug-likeness (QED) is 0.383. The van der Waals surface area contributed by atoms with Crippen LogP contribution in [0.25, 0.3) is 5.70 Å². The Balaban J connectivity index is 2.80. The summed E-state index contributed by atoms with van der Waals surface area (Å²) in [5.74, 6) is -0.189. The highest BCUT2D eigenvalue weighted by Gasteiger charge is 2.14. The lowest BCUT2D eigenvalue weighted by atomic mass is 10.0. The summed E-state index contributed by atoms with van der Waals surface area (Å²) in [7, 11) is 0. The Kier molecular flexibility index (Phi) is 6.69. The molecule has 0 saturated carbocycles. The summed E-state index contributed by atoms with van der Waals surface area (Å²) in [4.78, 5) is 15.1. The zero-order valence-corrected chi connectivity index (χ0v) is 11.0. The van der Waals surface area contributed by atoms with Crippen LogP contribution in [-0.4, -0.2) is 21.1 Å². The van der Waals surface area contributed by atoms with Crippen LogP contribution in [0, 0.1) is 5.92 Å².